The van der Waals surface area contributed by atoms with Crippen molar-refractivity contribution in [3.63, 3.8) is 0 Å². The Hall–Kier alpha value is -1.16. The molecule has 0 N–H and O–H groups in total. The molecule has 1 aliphatic rings. The van der Waals surface area contributed by atoms with Crippen molar-refractivity contribution in [2.75, 3.05) is 6.54 Å². The first-order valence-corrected chi connectivity index (χ1v) is 8.01. The smallest absolute Gasteiger partial charge is 0.248 e. The van der Waals surface area contributed by atoms with Crippen molar-refractivity contribution in [1.82, 2.24) is 4.90 Å². The van der Waals surface area contributed by atoms with Gasteiger partial charge in [0.15, 0.2) is 0 Å². The molecule has 1 atom stereocenters. The van der Waals surface area contributed by atoms with Gasteiger partial charge in [-0.15, -0.1) is 0 Å². The molecular formula is C15H15BrN2OS2. The highest BCUT2D eigenvalue weighted by Crippen LogP contribution is 2.19. The molecule has 0 bridgehead atoms. The fraction of sp³-hybridized carbons (Fsp3) is 0.333. The zero-order chi connectivity index (χ0) is 16.0. The van der Waals surface area contributed by atoms with Crippen LogP contribution in [0.15, 0.2) is 35.4 Å². The number of thiocarbonyl (C=S) groups is 2. The molecule has 0 saturated carbocycles. The fourth-order valence-electron chi connectivity index (χ4n) is 2.04. The van der Waals surface area contributed by atoms with Gasteiger partial charge in [-0.25, -0.2) is 0 Å². The van der Waals surface area contributed by atoms with Crippen LogP contribution in [-0.2, 0) is 4.79 Å². The number of amides is 1. The third kappa shape index (κ3) is 4.67. The van der Waals surface area contributed by atoms with Crippen LogP contribution >= 0.6 is 40.4 Å². The highest BCUT2D eigenvalue weighted by atomic mass is 79.9. The number of nitrogens with zero attached hydrogens (tertiary/aromatic N) is 2. The number of piperidine rings is 1. The van der Waals surface area contributed by atoms with Crippen LogP contribution in [0, 0.1) is 11.3 Å². The Morgan fingerprint density at radius 1 is 1.43 bits per heavy atom. The standard InChI is InChI=1S/C15H15BrN2OS2/c1-3-13(20)12(15(21)10(2)16)8-14(19)18-7-5-4-6-11(18)9-17/h3,8,11H,1-2,4-7H2. The van der Waals surface area contributed by atoms with E-state index in [2.05, 4.69) is 35.2 Å². The summed E-state index contributed by atoms with van der Waals surface area (Å²) >= 11 is 13.6. The van der Waals surface area contributed by atoms with Crippen LogP contribution in [-0.4, -0.2) is 33.1 Å². The third-order valence-corrected chi connectivity index (χ3v) is 4.66. The van der Waals surface area contributed by atoms with Crippen molar-refractivity contribution in [1.29, 1.82) is 5.26 Å². The van der Waals surface area contributed by atoms with Crippen molar-refractivity contribution in [2.45, 2.75) is 25.3 Å². The Balaban J connectivity index is 3.09. The van der Waals surface area contributed by atoms with E-state index in [9.17, 15) is 4.79 Å². The zero-order valence-electron chi connectivity index (χ0n) is 11.5. The maximum absolute atomic E-state index is 12.4. The van der Waals surface area contributed by atoms with Crippen LogP contribution < -0.4 is 0 Å². The minimum absolute atomic E-state index is 0.253. The van der Waals surface area contributed by atoms with Gasteiger partial charge in [0.2, 0.25) is 5.91 Å². The second kappa shape index (κ2) is 8.32. The molecule has 0 aromatic carbocycles. The molecule has 1 unspecified atom stereocenters. The van der Waals surface area contributed by atoms with E-state index in [-0.39, 0.29) is 11.9 Å². The first-order valence-electron chi connectivity index (χ1n) is 6.40. The van der Waals surface area contributed by atoms with E-state index in [0.29, 0.717) is 32.8 Å². The van der Waals surface area contributed by atoms with E-state index in [1.54, 1.807) is 4.90 Å². The summed E-state index contributed by atoms with van der Waals surface area (Å²) in [6.07, 6.45) is 5.41. The second-order valence-electron chi connectivity index (χ2n) is 4.53. The molecule has 1 amide bonds. The van der Waals surface area contributed by atoms with Crippen LogP contribution in [0.1, 0.15) is 19.3 Å². The second-order valence-corrected chi connectivity index (χ2v) is 6.34. The van der Waals surface area contributed by atoms with Gasteiger partial charge in [-0.05, 0) is 35.2 Å². The normalized spacial score (nSPS) is 18.6. The average molecular weight is 383 g/mol. The Bertz CT molecular complexity index is 575. The van der Waals surface area contributed by atoms with E-state index >= 15 is 0 Å². The van der Waals surface area contributed by atoms with Crippen molar-refractivity contribution in [3.05, 3.63) is 35.4 Å². The number of likely N-dealkylation sites (tertiary alicyclic amines) is 1. The zero-order valence-corrected chi connectivity index (χ0v) is 14.7. The lowest BCUT2D eigenvalue weighted by molar-refractivity contribution is -0.128. The number of carbonyl (C=O) groups excluding carboxylic acids is 1. The summed E-state index contributed by atoms with van der Waals surface area (Å²) in [5, 5.41) is 9.14. The topological polar surface area (TPSA) is 44.1 Å². The van der Waals surface area contributed by atoms with Crippen LogP contribution in [0.3, 0.4) is 0 Å². The van der Waals surface area contributed by atoms with Gasteiger partial charge in [0.05, 0.1) is 10.9 Å². The Morgan fingerprint density at radius 2 is 2.10 bits per heavy atom. The molecule has 6 heteroatoms. The summed E-state index contributed by atoms with van der Waals surface area (Å²) in [5.74, 6) is -0.253. The molecule has 110 valence electrons. The van der Waals surface area contributed by atoms with E-state index in [1.165, 1.54) is 12.2 Å². The van der Waals surface area contributed by atoms with E-state index in [0.717, 1.165) is 12.8 Å². The van der Waals surface area contributed by atoms with Gasteiger partial charge >= 0.3 is 0 Å². The predicted octanol–water partition coefficient (Wildman–Crippen LogP) is 3.65. The van der Waals surface area contributed by atoms with Crippen molar-refractivity contribution in [2.24, 2.45) is 0 Å². The molecule has 0 spiro atoms. The molecule has 21 heavy (non-hydrogen) atoms. The lowest BCUT2D eigenvalue weighted by atomic mass is 10.0. The summed E-state index contributed by atoms with van der Waals surface area (Å²) in [6.45, 7) is 7.89. The molecule has 3 nitrogen and oxygen atoms in total. The van der Waals surface area contributed by atoms with Crippen LogP contribution in [0.5, 0.6) is 0 Å². The molecular weight excluding hydrogens is 368 g/mol. The number of halogens is 1. The van der Waals surface area contributed by atoms with Crippen molar-refractivity contribution < 1.29 is 4.79 Å². The lowest BCUT2D eigenvalue weighted by Crippen LogP contribution is -2.42. The maximum atomic E-state index is 12.4. The maximum Gasteiger partial charge on any atom is 0.248 e. The number of rotatable bonds is 5. The first kappa shape index (κ1) is 17.9. The molecule has 1 rings (SSSR count). The fourth-order valence-corrected chi connectivity index (χ4v) is 2.65. The SMILES string of the molecule is C=CC(=S)C(=CC(=O)N1CCCCC1C#N)C(=S)C(=C)Br. The van der Waals surface area contributed by atoms with Gasteiger partial charge < -0.3 is 4.90 Å². The van der Waals surface area contributed by atoms with Gasteiger partial charge in [0.1, 0.15) is 6.04 Å². The molecule has 0 radical (unpaired) electrons. The molecule has 1 heterocycles. The van der Waals surface area contributed by atoms with Gasteiger partial charge in [-0.2, -0.15) is 5.26 Å². The highest BCUT2D eigenvalue weighted by Gasteiger charge is 2.26. The predicted molar refractivity (Wildman–Crippen MR) is 96.5 cm³/mol. The summed E-state index contributed by atoms with van der Waals surface area (Å²) in [4.78, 5) is 14.8. The van der Waals surface area contributed by atoms with E-state index in [4.69, 9.17) is 29.7 Å². The summed E-state index contributed by atoms with van der Waals surface area (Å²) in [5.41, 5.74) is 0.434. The molecule has 1 saturated heterocycles. The highest BCUT2D eigenvalue weighted by molar-refractivity contribution is 9.12. The van der Waals surface area contributed by atoms with Crippen LogP contribution in [0.4, 0.5) is 0 Å². The Morgan fingerprint density at radius 3 is 2.62 bits per heavy atom. The third-order valence-electron chi connectivity index (χ3n) is 3.14. The number of allylic oxidation sites excluding steroid dienone is 3. The first-order chi connectivity index (χ1) is 9.92. The van der Waals surface area contributed by atoms with Crippen LogP contribution in [0.2, 0.25) is 0 Å². The van der Waals surface area contributed by atoms with Gasteiger partial charge in [0, 0.05) is 27.5 Å². The lowest BCUT2D eigenvalue weighted by Gasteiger charge is -2.30. The number of hydrogen-bond donors (Lipinski definition) is 0. The van der Waals surface area contributed by atoms with Crippen molar-refractivity contribution >= 4 is 56.0 Å². The molecule has 0 aliphatic carbocycles. The Kier molecular flexibility index (Phi) is 7.09. The van der Waals surface area contributed by atoms with Crippen LogP contribution in [0.25, 0.3) is 0 Å². The minimum atomic E-state index is -0.387. The number of hydrogen-bond acceptors (Lipinski definition) is 4. The Labute approximate surface area is 144 Å². The van der Waals surface area contributed by atoms with Gasteiger partial charge in [-0.1, -0.05) is 43.7 Å². The molecule has 0 aromatic rings. The number of carbonyl (C=O) groups is 1. The summed E-state index contributed by atoms with van der Waals surface area (Å²) in [6, 6.07) is 1.78. The van der Waals surface area contributed by atoms with E-state index < -0.39 is 0 Å². The van der Waals surface area contributed by atoms with Gasteiger partial charge in [-0.3, -0.25) is 4.79 Å². The summed E-state index contributed by atoms with van der Waals surface area (Å²) < 4.78 is 0.483. The average Bonchev–Trinajstić information content (AvgIpc) is 2.50. The van der Waals surface area contributed by atoms with Crippen molar-refractivity contribution in [3.8, 4) is 6.07 Å². The molecule has 1 fully saturated rings. The van der Waals surface area contributed by atoms with E-state index in [1.807, 2.05) is 0 Å². The quantitative estimate of drug-likeness (QED) is 0.537. The number of nitriles is 1. The molecule has 1 aliphatic heterocycles. The minimum Gasteiger partial charge on any atom is -0.323 e. The summed E-state index contributed by atoms with van der Waals surface area (Å²) in [7, 11) is 0. The molecule has 0 aromatic heterocycles. The monoisotopic (exact) mass is 382 g/mol. The van der Waals surface area contributed by atoms with Gasteiger partial charge in [0.25, 0.3) is 0 Å². The largest absolute Gasteiger partial charge is 0.323 e.